The number of hydrogen-bond donors (Lipinski definition) is 0. The minimum absolute atomic E-state index is 0.00903. The van der Waals surface area contributed by atoms with E-state index in [4.69, 9.17) is 4.74 Å². The van der Waals surface area contributed by atoms with E-state index in [0.29, 0.717) is 6.54 Å². The zero-order valence-electron chi connectivity index (χ0n) is 13.9. The van der Waals surface area contributed by atoms with Crippen molar-refractivity contribution >= 4 is 10.9 Å². The molecule has 5 heteroatoms. The molecule has 0 bridgehead atoms. The molecule has 4 aromatic rings. The molecule has 4 rings (SSSR count). The Morgan fingerprint density at radius 1 is 1.00 bits per heavy atom. The highest BCUT2D eigenvalue weighted by Crippen LogP contribution is 2.26. The molecule has 0 aliphatic rings. The fraction of sp³-hybridized carbons (Fsp3) is 0.150. The van der Waals surface area contributed by atoms with E-state index in [1.807, 2.05) is 61.9 Å². The second-order valence-electron chi connectivity index (χ2n) is 5.90. The highest BCUT2D eigenvalue weighted by Gasteiger charge is 2.13. The zero-order chi connectivity index (χ0) is 17.1. The summed E-state index contributed by atoms with van der Waals surface area (Å²) in [5.41, 5.74) is 2.04. The third-order valence-corrected chi connectivity index (χ3v) is 4.03. The molecule has 25 heavy (non-hydrogen) atoms. The second-order valence-corrected chi connectivity index (χ2v) is 5.90. The molecule has 0 aliphatic carbocycles. The van der Waals surface area contributed by atoms with E-state index < -0.39 is 0 Å². The average Bonchev–Trinajstić information content (AvgIpc) is 3.09. The Morgan fingerprint density at radius 2 is 1.92 bits per heavy atom. The molecular weight excluding hydrogens is 312 g/mol. The fourth-order valence-electron chi connectivity index (χ4n) is 2.95. The minimum atomic E-state index is -0.00903. The summed E-state index contributed by atoms with van der Waals surface area (Å²) in [5.74, 6) is 1.69. The Bertz CT molecular complexity index is 976. The number of aromatic nitrogens is 4. The first kappa shape index (κ1) is 15.3. The quantitative estimate of drug-likeness (QED) is 0.556. The van der Waals surface area contributed by atoms with Crippen LogP contribution >= 0.6 is 0 Å². The Morgan fingerprint density at radius 3 is 2.80 bits per heavy atom. The second kappa shape index (κ2) is 6.73. The van der Waals surface area contributed by atoms with Crippen LogP contribution in [-0.2, 0) is 6.54 Å². The molecule has 1 aromatic carbocycles. The Kier molecular flexibility index (Phi) is 4.12. The SMILES string of the molecule is CC(Cn1ccnc1-c1ccnc2ccccc12)Oc1cccnc1. The summed E-state index contributed by atoms with van der Waals surface area (Å²) in [5, 5.41) is 1.10. The number of hydrogen-bond acceptors (Lipinski definition) is 4. The van der Waals surface area contributed by atoms with E-state index in [1.165, 1.54) is 0 Å². The van der Waals surface area contributed by atoms with Crippen LogP contribution < -0.4 is 4.74 Å². The molecule has 0 fully saturated rings. The maximum absolute atomic E-state index is 5.94. The lowest BCUT2D eigenvalue weighted by Crippen LogP contribution is -2.19. The van der Waals surface area contributed by atoms with Gasteiger partial charge in [0.15, 0.2) is 0 Å². The molecule has 0 aliphatic heterocycles. The van der Waals surface area contributed by atoms with Crippen molar-refractivity contribution in [3.63, 3.8) is 0 Å². The van der Waals surface area contributed by atoms with Crippen molar-refractivity contribution < 1.29 is 4.74 Å². The van der Waals surface area contributed by atoms with E-state index in [0.717, 1.165) is 28.0 Å². The highest BCUT2D eigenvalue weighted by atomic mass is 16.5. The Balaban J connectivity index is 1.62. The van der Waals surface area contributed by atoms with Gasteiger partial charge in [-0.1, -0.05) is 18.2 Å². The number of rotatable bonds is 5. The van der Waals surface area contributed by atoms with E-state index >= 15 is 0 Å². The third kappa shape index (κ3) is 3.21. The van der Waals surface area contributed by atoms with Crippen molar-refractivity contribution in [2.75, 3.05) is 0 Å². The predicted molar refractivity (Wildman–Crippen MR) is 97.3 cm³/mol. The van der Waals surface area contributed by atoms with Gasteiger partial charge in [-0.3, -0.25) is 9.97 Å². The topological polar surface area (TPSA) is 52.8 Å². The van der Waals surface area contributed by atoms with Gasteiger partial charge in [-0.25, -0.2) is 4.98 Å². The molecule has 1 unspecified atom stereocenters. The molecule has 0 radical (unpaired) electrons. The molecule has 3 aromatic heterocycles. The summed E-state index contributed by atoms with van der Waals surface area (Å²) in [6.45, 7) is 2.74. The van der Waals surface area contributed by atoms with Gasteiger partial charge in [0.05, 0.1) is 18.3 Å². The standard InChI is InChI=1S/C20H18N4O/c1-15(25-16-5-4-9-21-13-16)14-24-12-11-23-20(24)18-8-10-22-19-7-3-2-6-17(18)19/h2-13,15H,14H2,1H3. The smallest absolute Gasteiger partial charge is 0.140 e. The van der Waals surface area contributed by atoms with Crippen molar-refractivity contribution in [2.24, 2.45) is 0 Å². The summed E-state index contributed by atoms with van der Waals surface area (Å²) in [6.07, 6.45) is 9.08. The largest absolute Gasteiger partial charge is 0.487 e. The number of nitrogens with zero attached hydrogens (tertiary/aromatic N) is 4. The van der Waals surface area contributed by atoms with E-state index in [1.54, 1.807) is 12.4 Å². The van der Waals surface area contributed by atoms with Crippen LogP contribution in [0.25, 0.3) is 22.3 Å². The summed E-state index contributed by atoms with van der Waals surface area (Å²) in [6, 6.07) is 13.9. The van der Waals surface area contributed by atoms with Gasteiger partial charge >= 0.3 is 0 Å². The zero-order valence-corrected chi connectivity index (χ0v) is 13.9. The van der Waals surface area contributed by atoms with Gasteiger partial charge < -0.3 is 9.30 Å². The molecule has 5 nitrogen and oxygen atoms in total. The van der Waals surface area contributed by atoms with Crippen molar-refractivity contribution in [1.82, 2.24) is 19.5 Å². The van der Waals surface area contributed by atoms with Crippen LogP contribution in [-0.4, -0.2) is 25.6 Å². The van der Waals surface area contributed by atoms with Crippen LogP contribution in [0.3, 0.4) is 0 Å². The van der Waals surface area contributed by atoms with Crippen LogP contribution in [0.15, 0.2) is 73.4 Å². The molecule has 124 valence electrons. The number of imidazole rings is 1. The average molecular weight is 330 g/mol. The van der Waals surface area contributed by atoms with Crippen LogP contribution in [0.5, 0.6) is 5.75 Å². The molecule has 3 heterocycles. The summed E-state index contributed by atoms with van der Waals surface area (Å²) in [7, 11) is 0. The van der Waals surface area contributed by atoms with Crippen LogP contribution in [0, 0.1) is 0 Å². The molecule has 0 spiro atoms. The van der Waals surface area contributed by atoms with Crippen molar-refractivity contribution in [1.29, 1.82) is 0 Å². The first-order valence-electron chi connectivity index (χ1n) is 8.23. The van der Waals surface area contributed by atoms with Crippen molar-refractivity contribution in [3.05, 3.63) is 73.4 Å². The summed E-state index contributed by atoms with van der Waals surface area (Å²) >= 11 is 0. The molecule has 1 atom stereocenters. The predicted octanol–water partition coefficient (Wildman–Crippen LogP) is 3.96. The van der Waals surface area contributed by atoms with Crippen LogP contribution in [0.2, 0.25) is 0 Å². The maximum atomic E-state index is 5.94. The Labute approximate surface area is 146 Å². The van der Waals surface area contributed by atoms with Crippen molar-refractivity contribution in [2.45, 2.75) is 19.6 Å². The van der Waals surface area contributed by atoms with Crippen LogP contribution in [0.1, 0.15) is 6.92 Å². The van der Waals surface area contributed by atoms with Gasteiger partial charge in [-0.05, 0) is 31.2 Å². The molecular formula is C20H18N4O. The number of para-hydroxylation sites is 1. The summed E-state index contributed by atoms with van der Waals surface area (Å²) < 4.78 is 8.06. The third-order valence-electron chi connectivity index (χ3n) is 4.03. The fourth-order valence-corrected chi connectivity index (χ4v) is 2.95. The summed E-state index contributed by atoms with van der Waals surface area (Å²) in [4.78, 5) is 13.1. The van der Waals surface area contributed by atoms with E-state index in [9.17, 15) is 0 Å². The first-order valence-corrected chi connectivity index (χ1v) is 8.23. The normalized spacial score (nSPS) is 12.2. The number of fused-ring (bicyclic) bond motifs is 1. The first-order chi connectivity index (χ1) is 12.3. The number of benzene rings is 1. The molecule has 0 N–H and O–H groups in total. The number of ether oxygens (including phenoxy) is 1. The minimum Gasteiger partial charge on any atom is -0.487 e. The van der Waals surface area contributed by atoms with Gasteiger partial charge in [0.25, 0.3) is 0 Å². The lowest BCUT2D eigenvalue weighted by atomic mass is 10.1. The van der Waals surface area contributed by atoms with Gasteiger partial charge in [0.2, 0.25) is 0 Å². The maximum Gasteiger partial charge on any atom is 0.140 e. The molecule has 0 amide bonds. The van der Waals surface area contributed by atoms with Gasteiger partial charge in [-0.15, -0.1) is 0 Å². The number of pyridine rings is 2. The lowest BCUT2D eigenvalue weighted by Gasteiger charge is -2.17. The monoisotopic (exact) mass is 330 g/mol. The molecule has 0 saturated heterocycles. The van der Waals surface area contributed by atoms with Gasteiger partial charge in [0, 0.05) is 35.7 Å². The molecule has 0 saturated carbocycles. The van der Waals surface area contributed by atoms with Gasteiger partial charge in [0.1, 0.15) is 17.7 Å². The van der Waals surface area contributed by atoms with E-state index in [-0.39, 0.29) is 6.10 Å². The van der Waals surface area contributed by atoms with E-state index in [2.05, 4.69) is 25.6 Å². The Hall–Kier alpha value is -3.21. The van der Waals surface area contributed by atoms with Crippen LogP contribution in [0.4, 0.5) is 0 Å². The van der Waals surface area contributed by atoms with Crippen molar-refractivity contribution in [3.8, 4) is 17.1 Å². The van der Waals surface area contributed by atoms with Gasteiger partial charge in [-0.2, -0.15) is 0 Å². The lowest BCUT2D eigenvalue weighted by molar-refractivity contribution is 0.199. The highest BCUT2D eigenvalue weighted by molar-refractivity contribution is 5.92.